The monoisotopic (exact) mass is 321 g/mol. The molecule has 23 heavy (non-hydrogen) atoms. The van der Waals surface area contributed by atoms with Crippen LogP contribution in [0.2, 0.25) is 0 Å². The molecule has 0 spiro atoms. The summed E-state index contributed by atoms with van der Waals surface area (Å²) in [6.07, 6.45) is 0. The highest BCUT2D eigenvalue weighted by atomic mass is 16.5. The van der Waals surface area contributed by atoms with Gasteiger partial charge in [-0.2, -0.15) is 0 Å². The number of benzene rings is 1. The van der Waals surface area contributed by atoms with Crippen molar-refractivity contribution in [2.24, 2.45) is 14.1 Å². The molecular formula is C15H19N3O5. The number of aromatic nitrogens is 2. The molecule has 0 atom stereocenters. The third-order valence-corrected chi connectivity index (χ3v) is 3.46. The van der Waals surface area contributed by atoms with Gasteiger partial charge in [0.25, 0.3) is 5.56 Å². The van der Waals surface area contributed by atoms with Gasteiger partial charge in [0.1, 0.15) is 5.82 Å². The molecule has 2 rings (SSSR count). The molecule has 2 aromatic rings. The van der Waals surface area contributed by atoms with Crippen LogP contribution in [-0.2, 0) is 14.1 Å². The van der Waals surface area contributed by atoms with Gasteiger partial charge >= 0.3 is 5.69 Å². The molecule has 0 saturated heterocycles. The molecular weight excluding hydrogens is 302 g/mol. The number of hydrogen-bond donors (Lipinski definition) is 1. The minimum absolute atomic E-state index is 0.354. The zero-order chi connectivity index (χ0) is 17.1. The minimum atomic E-state index is -0.424. The van der Waals surface area contributed by atoms with Crippen LogP contribution in [0.25, 0.3) is 0 Å². The van der Waals surface area contributed by atoms with E-state index in [0.717, 1.165) is 4.57 Å². The van der Waals surface area contributed by atoms with Gasteiger partial charge in [0.15, 0.2) is 11.5 Å². The first-order chi connectivity index (χ1) is 10.9. The summed E-state index contributed by atoms with van der Waals surface area (Å²) in [6, 6.07) is 4.71. The molecule has 0 aliphatic heterocycles. The fourth-order valence-corrected chi connectivity index (χ4v) is 2.15. The first kappa shape index (κ1) is 16.5. The van der Waals surface area contributed by atoms with Gasteiger partial charge in [-0.3, -0.25) is 13.9 Å². The van der Waals surface area contributed by atoms with Crippen LogP contribution in [0.15, 0.2) is 27.8 Å². The van der Waals surface area contributed by atoms with Gasteiger partial charge in [0.05, 0.1) is 21.3 Å². The van der Waals surface area contributed by atoms with Gasteiger partial charge < -0.3 is 19.5 Å². The van der Waals surface area contributed by atoms with Crippen molar-refractivity contribution < 1.29 is 14.2 Å². The second kappa shape index (κ2) is 6.47. The van der Waals surface area contributed by atoms with Crippen molar-refractivity contribution in [2.45, 2.75) is 0 Å². The quantitative estimate of drug-likeness (QED) is 0.879. The topological polar surface area (TPSA) is 83.7 Å². The molecule has 0 unspecified atom stereocenters. The molecule has 1 aromatic heterocycles. The van der Waals surface area contributed by atoms with Crippen LogP contribution < -0.4 is 30.8 Å². The maximum atomic E-state index is 12.0. The molecule has 1 N–H and O–H groups in total. The second-order valence-electron chi connectivity index (χ2n) is 4.81. The number of methoxy groups -OCH3 is 3. The van der Waals surface area contributed by atoms with E-state index in [0.29, 0.717) is 28.8 Å². The number of anilines is 2. The van der Waals surface area contributed by atoms with Crippen molar-refractivity contribution in [3.63, 3.8) is 0 Å². The number of ether oxygens (including phenoxy) is 3. The van der Waals surface area contributed by atoms with Gasteiger partial charge in [-0.15, -0.1) is 0 Å². The van der Waals surface area contributed by atoms with E-state index in [1.165, 1.54) is 39.0 Å². The van der Waals surface area contributed by atoms with Gasteiger partial charge in [-0.25, -0.2) is 4.79 Å². The Balaban J connectivity index is 2.53. The Morgan fingerprint density at radius 1 is 0.870 bits per heavy atom. The highest BCUT2D eigenvalue weighted by Crippen LogP contribution is 2.40. The predicted molar refractivity (Wildman–Crippen MR) is 86.3 cm³/mol. The maximum Gasteiger partial charge on any atom is 0.332 e. The number of hydrogen-bond acceptors (Lipinski definition) is 6. The Hall–Kier alpha value is -2.90. The van der Waals surface area contributed by atoms with Gasteiger partial charge in [-0.1, -0.05) is 0 Å². The smallest absolute Gasteiger partial charge is 0.332 e. The maximum absolute atomic E-state index is 12.0. The van der Waals surface area contributed by atoms with Crippen molar-refractivity contribution in [2.75, 3.05) is 26.6 Å². The molecule has 0 radical (unpaired) electrons. The van der Waals surface area contributed by atoms with E-state index in [1.54, 1.807) is 19.2 Å². The van der Waals surface area contributed by atoms with Gasteiger partial charge in [-0.05, 0) is 0 Å². The Kier molecular flexibility index (Phi) is 4.63. The molecule has 1 heterocycles. The van der Waals surface area contributed by atoms with E-state index in [9.17, 15) is 9.59 Å². The summed E-state index contributed by atoms with van der Waals surface area (Å²) in [5, 5.41) is 3.02. The Morgan fingerprint density at radius 3 is 1.91 bits per heavy atom. The number of nitrogens with one attached hydrogen (secondary N) is 1. The molecule has 0 amide bonds. The largest absolute Gasteiger partial charge is 0.493 e. The lowest BCUT2D eigenvalue weighted by Crippen LogP contribution is -2.37. The third-order valence-electron chi connectivity index (χ3n) is 3.46. The van der Waals surface area contributed by atoms with Crippen LogP contribution in [0.4, 0.5) is 11.5 Å². The van der Waals surface area contributed by atoms with E-state index in [1.807, 2.05) is 0 Å². The van der Waals surface area contributed by atoms with E-state index in [-0.39, 0.29) is 0 Å². The van der Waals surface area contributed by atoms with E-state index in [4.69, 9.17) is 14.2 Å². The SMILES string of the molecule is COc1cc(Nc2cc(=O)n(C)c(=O)n2C)cc(OC)c1OC. The minimum Gasteiger partial charge on any atom is -0.493 e. The Morgan fingerprint density at radius 2 is 1.43 bits per heavy atom. The van der Waals surface area contributed by atoms with E-state index < -0.39 is 11.2 Å². The first-order valence-corrected chi connectivity index (χ1v) is 6.77. The molecule has 0 saturated carbocycles. The predicted octanol–water partition coefficient (Wildman–Crippen LogP) is 0.853. The summed E-state index contributed by atoms with van der Waals surface area (Å²) in [5.74, 6) is 1.73. The summed E-state index contributed by atoms with van der Waals surface area (Å²) < 4.78 is 18.2. The van der Waals surface area contributed by atoms with Crippen LogP contribution in [0, 0.1) is 0 Å². The molecule has 8 nitrogen and oxygen atoms in total. The summed E-state index contributed by atoms with van der Waals surface area (Å²) in [4.78, 5) is 23.8. The van der Waals surface area contributed by atoms with Crippen molar-refractivity contribution in [1.29, 1.82) is 0 Å². The molecule has 0 aliphatic carbocycles. The zero-order valence-corrected chi connectivity index (χ0v) is 13.7. The molecule has 0 fully saturated rings. The lowest BCUT2D eigenvalue weighted by molar-refractivity contribution is 0.324. The lowest BCUT2D eigenvalue weighted by atomic mass is 10.2. The highest BCUT2D eigenvalue weighted by molar-refractivity contribution is 5.66. The average Bonchev–Trinajstić information content (AvgIpc) is 2.56. The standard InChI is InChI=1S/C15H19N3O5/c1-17-12(8-13(19)18(2)15(17)20)16-9-6-10(21-3)14(23-5)11(7-9)22-4/h6-8,16H,1-5H3. The third kappa shape index (κ3) is 3.01. The Labute approximate surface area is 132 Å². The first-order valence-electron chi connectivity index (χ1n) is 6.77. The fourth-order valence-electron chi connectivity index (χ4n) is 2.15. The van der Waals surface area contributed by atoms with Crippen molar-refractivity contribution >= 4 is 11.5 Å². The summed E-state index contributed by atoms with van der Waals surface area (Å²) >= 11 is 0. The van der Waals surface area contributed by atoms with Crippen molar-refractivity contribution in [3.05, 3.63) is 39.0 Å². The summed E-state index contributed by atoms with van der Waals surface area (Å²) in [6.45, 7) is 0. The molecule has 8 heteroatoms. The molecule has 124 valence electrons. The van der Waals surface area contributed by atoms with E-state index in [2.05, 4.69) is 5.32 Å². The summed E-state index contributed by atoms with van der Waals surface area (Å²) in [7, 11) is 7.53. The fraction of sp³-hybridized carbons (Fsp3) is 0.333. The molecule has 1 aromatic carbocycles. The molecule has 0 bridgehead atoms. The van der Waals surface area contributed by atoms with Crippen LogP contribution in [-0.4, -0.2) is 30.5 Å². The van der Waals surface area contributed by atoms with Crippen molar-refractivity contribution in [1.82, 2.24) is 9.13 Å². The Bertz CT molecular complexity index is 813. The normalized spacial score (nSPS) is 10.3. The van der Waals surface area contributed by atoms with Crippen LogP contribution in [0.1, 0.15) is 0 Å². The number of rotatable bonds is 5. The van der Waals surface area contributed by atoms with Crippen LogP contribution in [0.3, 0.4) is 0 Å². The van der Waals surface area contributed by atoms with Crippen LogP contribution in [0.5, 0.6) is 17.2 Å². The zero-order valence-electron chi connectivity index (χ0n) is 13.7. The average molecular weight is 321 g/mol. The highest BCUT2D eigenvalue weighted by Gasteiger charge is 2.14. The molecule has 0 aliphatic rings. The second-order valence-corrected chi connectivity index (χ2v) is 4.81. The van der Waals surface area contributed by atoms with E-state index >= 15 is 0 Å². The lowest BCUT2D eigenvalue weighted by Gasteiger charge is -2.16. The van der Waals surface area contributed by atoms with Gasteiger partial charge in [0, 0.05) is 38.0 Å². The van der Waals surface area contributed by atoms with Crippen molar-refractivity contribution in [3.8, 4) is 17.2 Å². The van der Waals surface area contributed by atoms with Gasteiger partial charge in [0.2, 0.25) is 5.75 Å². The summed E-state index contributed by atoms with van der Waals surface area (Å²) in [5.41, 5.74) is -0.238. The van der Waals surface area contributed by atoms with Crippen LogP contribution >= 0.6 is 0 Å². The number of nitrogens with zero attached hydrogens (tertiary/aromatic N) is 2.